The molecule has 6 rings (SSSR count). The van der Waals surface area contributed by atoms with Crippen molar-refractivity contribution in [1.29, 1.82) is 0 Å². The van der Waals surface area contributed by atoms with E-state index in [1.54, 1.807) is 0 Å². The number of imide groups is 1. The summed E-state index contributed by atoms with van der Waals surface area (Å²) in [6, 6.07) is 5.65. The van der Waals surface area contributed by atoms with E-state index in [0.717, 1.165) is 6.42 Å². The Labute approximate surface area is 131 Å². The van der Waals surface area contributed by atoms with Gasteiger partial charge < -0.3 is 0 Å². The number of allylic oxidation sites excluding steroid dienone is 2. The molecule has 2 bridgehead atoms. The zero-order valence-corrected chi connectivity index (χ0v) is 12.2. The molecule has 6 atom stereocenters. The number of nitrogens with zero attached hydrogens (tertiary/aromatic N) is 2. The molecule has 4 aliphatic carbocycles. The SMILES string of the molecule is O=C1[C@@H]2[C@H]3C=C[C@@H]([C@@H]4C[C@H]34)[C@H]2C(=O)N1c1ccc([N+](=O)[O-])cc1. The van der Waals surface area contributed by atoms with E-state index in [1.807, 2.05) is 0 Å². The molecule has 0 radical (unpaired) electrons. The molecule has 0 unspecified atom stereocenters. The maximum Gasteiger partial charge on any atom is 0.269 e. The molecular weight excluding hydrogens is 296 g/mol. The van der Waals surface area contributed by atoms with Gasteiger partial charge in [0.15, 0.2) is 0 Å². The predicted octanol–water partition coefficient (Wildman–Crippen LogP) is 2.15. The standard InChI is InChI=1S/C17H14N2O4/c20-16-14-10-5-6-11(13-7-12(10)13)15(14)17(21)18(16)8-1-3-9(4-2-8)19(22)23/h1-6,10-15H,7H2/t10-,11-,12-,13+,14+,15+/m0/s1. The van der Waals surface area contributed by atoms with E-state index in [9.17, 15) is 19.7 Å². The van der Waals surface area contributed by atoms with Crippen LogP contribution in [0, 0.1) is 45.6 Å². The van der Waals surface area contributed by atoms with E-state index in [-0.39, 0.29) is 41.2 Å². The fourth-order valence-corrected chi connectivity index (χ4v) is 4.93. The van der Waals surface area contributed by atoms with Gasteiger partial charge in [0.05, 0.1) is 22.4 Å². The summed E-state index contributed by atoms with van der Waals surface area (Å²) >= 11 is 0. The third-order valence-corrected chi connectivity index (χ3v) is 5.98. The molecule has 3 fully saturated rings. The summed E-state index contributed by atoms with van der Waals surface area (Å²) < 4.78 is 0. The molecule has 5 aliphatic rings. The highest BCUT2D eigenvalue weighted by Gasteiger charge is 2.67. The van der Waals surface area contributed by atoms with Crippen LogP contribution in [0.2, 0.25) is 0 Å². The van der Waals surface area contributed by atoms with E-state index >= 15 is 0 Å². The Morgan fingerprint density at radius 2 is 1.48 bits per heavy atom. The molecule has 1 aromatic rings. The van der Waals surface area contributed by atoms with Gasteiger partial charge in [-0.05, 0) is 42.2 Å². The van der Waals surface area contributed by atoms with Crippen molar-refractivity contribution in [3.05, 3.63) is 46.5 Å². The topological polar surface area (TPSA) is 80.5 Å². The first-order valence-electron chi connectivity index (χ1n) is 7.88. The molecule has 2 amide bonds. The van der Waals surface area contributed by atoms with Gasteiger partial charge in [0, 0.05) is 12.1 Å². The van der Waals surface area contributed by atoms with Crippen LogP contribution >= 0.6 is 0 Å². The van der Waals surface area contributed by atoms with Gasteiger partial charge in [0.2, 0.25) is 11.8 Å². The quantitative estimate of drug-likeness (QED) is 0.363. The minimum Gasteiger partial charge on any atom is -0.274 e. The third kappa shape index (κ3) is 1.53. The Balaban J connectivity index is 1.53. The Morgan fingerprint density at radius 3 is 1.96 bits per heavy atom. The minimum atomic E-state index is -0.491. The highest BCUT2D eigenvalue weighted by Crippen LogP contribution is 2.65. The summed E-state index contributed by atoms with van der Waals surface area (Å²) in [6.07, 6.45) is 5.39. The molecule has 2 saturated carbocycles. The van der Waals surface area contributed by atoms with Crippen molar-refractivity contribution >= 4 is 23.2 Å². The average Bonchev–Trinajstić information content (AvgIpc) is 3.32. The van der Waals surface area contributed by atoms with Gasteiger partial charge >= 0.3 is 0 Å². The maximum absolute atomic E-state index is 12.9. The second-order valence-electron chi connectivity index (χ2n) is 6.94. The number of anilines is 1. The van der Waals surface area contributed by atoms with Gasteiger partial charge in [0.25, 0.3) is 5.69 Å². The summed E-state index contributed by atoms with van der Waals surface area (Å²) in [7, 11) is 0. The fourth-order valence-electron chi connectivity index (χ4n) is 4.93. The van der Waals surface area contributed by atoms with Gasteiger partial charge in [0.1, 0.15) is 0 Å². The molecule has 0 spiro atoms. The molecule has 23 heavy (non-hydrogen) atoms. The number of carbonyl (C=O) groups is 2. The first kappa shape index (κ1) is 13.0. The summed E-state index contributed by atoms with van der Waals surface area (Å²) in [4.78, 5) is 37.2. The summed E-state index contributed by atoms with van der Waals surface area (Å²) in [6.45, 7) is 0. The molecule has 1 saturated heterocycles. The van der Waals surface area contributed by atoms with E-state index in [1.165, 1.54) is 29.2 Å². The lowest BCUT2D eigenvalue weighted by atomic mass is 9.63. The lowest BCUT2D eigenvalue weighted by molar-refractivity contribution is -0.384. The van der Waals surface area contributed by atoms with Gasteiger partial charge in [-0.15, -0.1) is 0 Å². The van der Waals surface area contributed by atoms with E-state index in [2.05, 4.69) is 12.2 Å². The number of hydrogen-bond donors (Lipinski definition) is 0. The van der Waals surface area contributed by atoms with Crippen molar-refractivity contribution in [3.8, 4) is 0 Å². The Bertz CT molecular complexity index is 748. The van der Waals surface area contributed by atoms with Crippen molar-refractivity contribution in [2.75, 3.05) is 4.90 Å². The van der Waals surface area contributed by atoms with E-state index in [0.29, 0.717) is 17.5 Å². The van der Waals surface area contributed by atoms with Crippen LogP contribution in [0.15, 0.2) is 36.4 Å². The molecule has 6 heteroatoms. The largest absolute Gasteiger partial charge is 0.274 e. The molecule has 1 aliphatic heterocycles. The third-order valence-electron chi connectivity index (χ3n) is 5.98. The zero-order chi connectivity index (χ0) is 15.9. The van der Waals surface area contributed by atoms with Gasteiger partial charge in [-0.1, -0.05) is 12.2 Å². The van der Waals surface area contributed by atoms with Gasteiger partial charge in [-0.2, -0.15) is 0 Å². The molecule has 1 aromatic carbocycles. The Kier molecular flexibility index (Phi) is 2.30. The van der Waals surface area contributed by atoms with E-state index < -0.39 is 4.92 Å². The molecule has 6 nitrogen and oxygen atoms in total. The number of amides is 2. The van der Waals surface area contributed by atoms with E-state index in [4.69, 9.17) is 0 Å². The number of carbonyl (C=O) groups excluding carboxylic acids is 2. The van der Waals surface area contributed by atoms with Crippen LogP contribution in [0.3, 0.4) is 0 Å². The average molecular weight is 310 g/mol. The Hall–Kier alpha value is -2.50. The Morgan fingerprint density at radius 1 is 0.957 bits per heavy atom. The number of hydrogen-bond acceptors (Lipinski definition) is 4. The summed E-state index contributed by atoms with van der Waals surface area (Å²) in [5, 5.41) is 10.8. The van der Waals surface area contributed by atoms with Crippen LogP contribution in [0.25, 0.3) is 0 Å². The maximum atomic E-state index is 12.9. The van der Waals surface area contributed by atoms with Crippen LogP contribution in [0.5, 0.6) is 0 Å². The van der Waals surface area contributed by atoms with Gasteiger partial charge in [-0.25, -0.2) is 0 Å². The first-order chi connectivity index (χ1) is 11.1. The highest BCUT2D eigenvalue weighted by atomic mass is 16.6. The van der Waals surface area contributed by atoms with Crippen molar-refractivity contribution in [1.82, 2.24) is 0 Å². The number of benzene rings is 1. The normalized spacial score (nSPS) is 39.4. The van der Waals surface area contributed by atoms with Crippen LogP contribution < -0.4 is 4.90 Å². The van der Waals surface area contributed by atoms with Crippen molar-refractivity contribution in [2.45, 2.75) is 6.42 Å². The van der Waals surface area contributed by atoms with Crippen LogP contribution in [0.1, 0.15) is 6.42 Å². The van der Waals surface area contributed by atoms with Crippen LogP contribution in [-0.2, 0) is 9.59 Å². The monoisotopic (exact) mass is 310 g/mol. The van der Waals surface area contributed by atoms with Crippen molar-refractivity contribution < 1.29 is 14.5 Å². The minimum absolute atomic E-state index is 0.0479. The number of nitro groups is 1. The molecule has 0 N–H and O–H groups in total. The lowest BCUT2D eigenvalue weighted by Crippen LogP contribution is -2.40. The second kappa shape index (κ2) is 4.07. The number of nitro benzene ring substituents is 1. The van der Waals surface area contributed by atoms with Crippen molar-refractivity contribution in [3.63, 3.8) is 0 Å². The molecule has 0 aromatic heterocycles. The van der Waals surface area contributed by atoms with Crippen LogP contribution in [0.4, 0.5) is 11.4 Å². The summed E-state index contributed by atoms with van der Waals surface area (Å²) in [5.74, 6) is 0.758. The predicted molar refractivity (Wildman–Crippen MR) is 80.3 cm³/mol. The second-order valence-corrected chi connectivity index (χ2v) is 6.94. The molecule has 1 heterocycles. The lowest BCUT2D eigenvalue weighted by Gasteiger charge is -2.37. The molecular formula is C17H14N2O4. The highest BCUT2D eigenvalue weighted by molar-refractivity contribution is 6.22. The van der Waals surface area contributed by atoms with Crippen molar-refractivity contribution in [2.24, 2.45) is 35.5 Å². The zero-order valence-electron chi connectivity index (χ0n) is 12.2. The fraction of sp³-hybridized carbons (Fsp3) is 0.412. The summed E-state index contributed by atoms with van der Waals surface area (Å²) in [5.41, 5.74) is 0.390. The molecule has 116 valence electrons. The van der Waals surface area contributed by atoms with Gasteiger partial charge in [-0.3, -0.25) is 24.6 Å². The smallest absolute Gasteiger partial charge is 0.269 e. The number of rotatable bonds is 2. The number of non-ortho nitro benzene ring substituents is 1. The van der Waals surface area contributed by atoms with Crippen LogP contribution in [-0.4, -0.2) is 16.7 Å². The first-order valence-corrected chi connectivity index (χ1v) is 7.88.